The van der Waals surface area contributed by atoms with Crippen molar-refractivity contribution in [1.29, 1.82) is 0 Å². The van der Waals surface area contributed by atoms with E-state index in [4.69, 9.17) is 0 Å². The van der Waals surface area contributed by atoms with Crippen LogP contribution in [0.2, 0.25) is 0 Å². The molecule has 0 amide bonds. The molecule has 94 valence electrons. The van der Waals surface area contributed by atoms with Crippen molar-refractivity contribution in [3.63, 3.8) is 0 Å². The fourth-order valence-corrected chi connectivity index (χ4v) is 4.67. The molecule has 1 heterocycles. The van der Waals surface area contributed by atoms with Crippen LogP contribution in [0.4, 0.5) is 0 Å². The molecule has 1 aromatic heterocycles. The lowest BCUT2D eigenvalue weighted by atomic mass is 10.1. The van der Waals surface area contributed by atoms with E-state index in [-0.39, 0.29) is 0 Å². The summed E-state index contributed by atoms with van der Waals surface area (Å²) in [5.41, 5.74) is 4.37. The number of aryl methyl sites for hydroxylation is 3. The number of hydrogen-bond acceptors (Lipinski definition) is 1. The van der Waals surface area contributed by atoms with E-state index in [9.17, 15) is 0 Å². The molecule has 2 aromatic rings. The van der Waals surface area contributed by atoms with Gasteiger partial charge in [0.1, 0.15) is 0 Å². The van der Waals surface area contributed by atoms with E-state index in [2.05, 4.69) is 53.2 Å². The van der Waals surface area contributed by atoms with Crippen LogP contribution in [0.5, 0.6) is 0 Å². The van der Waals surface area contributed by atoms with Crippen LogP contribution in [0.3, 0.4) is 0 Å². The summed E-state index contributed by atoms with van der Waals surface area (Å²) in [4.78, 5) is 3.59. The molecule has 2 heteroatoms. The van der Waals surface area contributed by atoms with Crippen molar-refractivity contribution >= 4 is 27.3 Å². The van der Waals surface area contributed by atoms with Gasteiger partial charge >= 0.3 is 0 Å². The highest BCUT2D eigenvalue weighted by Gasteiger charge is 2.18. The second kappa shape index (κ2) is 5.18. The highest BCUT2D eigenvalue weighted by Crippen LogP contribution is 2.38. The molecule has 1 aromatic carbocycles. The Morgan fingerprint density at radius 2 is 2.17 bits per heavy atom. The minimum Gasteiger partial charge on any atom is -0.144 e. The molecule has 1 aliphatic rings. The maximum atomic E-state index is 3.86. The van der Waals surface area contributed by atoms with E-state index < -0.39 is 0 Å². The summed E-state index contributed by atoms with van der Waals surface area (Å²) in [7, 11) is 0. The quantitative estimate of drug-likeness (QED) is 0.680. The van der Waals surface area contributed by atoms with Crippen molar-refractivity contribution in [2.75, 3.05) is 0 Å². The van der Waals surface area contributed by atoms with Crippen LogP contribution in [0.25, 0.3) is 0 Å². The van der Waals surface area contributed by atoms with E-state index in [1.807, 2.05) is 11.3 Å². The predicted molar refractivity (Wildman–Crippen MR) is 82.9 cm³/mol. The van der Waals surface area contributed by atoms with Gasteiger partial charge in [-0.3, -0.25) is 0 Å². The van der Waals surface area contributed by atoms with Crippen LogP contribution < -0.4 is 0 Å². The topological polar surface area (TPSA) is 0 Å². The van der Waals surface area contributed by atoms with Crippen molar-refractivity contribution in [2.45, 2.75) is 37.4 Å². The Morgan fingerprint density at radius 1 is 1.28 bits per heavy atom. The lowest BCUT2D eigenvalue weighted by Crippen LogP contribution is -1.93. The molecule has 3 rings (SSSR count). The van der Waals surface area contributed by atoms with Gasteiger partial charge in [-0.1, -0.05) is 45.8 Å². The summed E-state index contributed by atoms with van der Waals surface area (Å²) in [6.07, 6.45) is 5.02. The predicted octanol–water partition coefficient (Wildman–Crippen LogP) is 5.22. The summed E-state index contributed by atoms with van der Waals surface area (Å²) in [6, 6.07) is 11.2. The molecular weight excluding hydrogens is 304 g/mol. The molecule has 0 N–H and O–H groups in total. The monoisotopic (exact) mass is 320 g/mol. The molecule has 0 nitrogen and oxygen atoms in total. The van der Waals surface area contributed by atoms with Gasteiger partial charge in [-0.25, -0.2) is 0 Å². The van der Waals surface area contributed by atoms with Crippen molar-refractivity contribution in [3.05, 3.63) is 56.8 Å². The Bertz CT molecular complexity index is 534. The van der Waals surface area contributed by atoms with E-state index in [0.29, 0.717) is 4.83 Å². The third-order valence-electron chi connectivity index (χ3n) is 3.57. The van der Waals surface area contributed by atoms with Gasteiger partial charge in [0.2, 0.25) is 0 Å². The normalized spacial score (nSPS) is 15.7. The molecule has 1 aliphatic carbocycles. The van der Waals surface area contributed by atoms with Gasteiger partial charge in [-0.05, 0) is 49.8 Å². The third-order valence-corrected chi connectivity index (χ3v) is 6.04. The Balaban J connectivity index is 1.76. The molecule has 0 bridgehead atoms. The van der Waals surface area contributed by atoms with Gasteiger partial charge in [0.05, 0.1) is 4.83 Å². The highest BCUT2D eigenvalue weighted by atomic mass is 79.9. The summed E-state index contributed by atoms with van der Waals surface area (Å²) < 4.78 is 0. The van der Waals surface area contributed by atoms with Gasteiger partial charge < -0.3 is 0 Å². The number of thiophene rings is 1. The smallest absolute Gasteiger partial charge is 0.0529 e. The van der Waals surface area contributed by atoms with Gasteiger partial charge in [-0.2, -0.15) is 0 Å². The van der Waals surface area contributed by atoms with Crippen LogP contribution in [0, 0.1) is 6.92 Å². The molecule has 0 saturated heterocycles. The molecule has 1 unspecified atom stereocenters. The summed E-state index contributed by atoms with van der Waals surface area (Å²) in [6.45, 7) is 2.16. The highest BCUT2D eigenvalue weighted by molar-refractivity contribution is 9.09. The maximum Gasteiger partial charge on any atom is 0.0529 e. The molecule has 1 atom stereocenters. The van der Waals surface area contributed by atoms with E-state index in [0.717, 1.165) is 6.42 Å². The largest absolute Gasteiger partial charge is 0.144 e. The van der Waals surface area contributed by atoms with Crippen molar-refractivity contribution in [1.82, 2.24) is 0 Å². The van der Waals surface area contributed by atoms with E-state index in [1.54, 1.807) is 10.4 Å². The Kier molecular flexibility index (Phi) is 3.58. The fraction of sp³-hybridized carbons (Fsp3) is 0.375. The fourth-order valence-electron chi connectivity index (χ4n) is 2.65. The van der Waals surface area contributed by atoms with Crippen LogP contribution in [-0.2, 0) is 19.3 Å². The first-order valence-electron chi connectivity index (χ1n) is 6.53. The minimum absolute atomic E-state index is 0.467. The standard InChI is InChI=1S/C16H17BrS/c1-11-4-2-5-12(8-11)9-14(17)16-10-13-6-3-7-15(13)18-16/h2,4-5,8,10,14H,3,6-7,9H2,1H3. The van der Waals surface area contributed by atoms with E-state index in [1.165, 1.54) is 35.3 Å². The lowest BCUT2D eigenvalue weighted by molar-refractivity contribution is 0.909. The van der Waals surface area contributed by atoms with Gasteiger partial charge in [-0.15, -0.1) is 11.3 Å². The summed E-state index contributed by atoms with van der Waals surface area (Å²) in [5, 5.41) is 0. The Morgan fingerprint density at radius 3 is 2.94 bits per heavy atom. The zero-order valence-corrected chi connectivity index (χ0v) is 13.0. The van der Waals surface area contributed by atoms with Crippen molar-refractivity contribution in [2.24, 2.45) is 0 Å². The average Bonchev–Trinajstić information content (AvgIpc) is 2.88. The molecule has 0 saturated carbocycles. The van der Waals surface area contributed by atoms with Crippen molar-refractivity contribution < 1.29 is 0 Å². The zero-order chi connectivity index (χ0) is 12.5. The number of fused-ring (bicyclic) bond motifs is 1. The van der Waals surface area contributed by atoms with Gasteiger partial charge in [0, 0.05) is 9.75 Å². The molecule has 18 heavy (non-hydrogen) atoms. The lowest BCUT2D eigenvalue weighted by Gasteiger charge is -2.08. The minimum atomic E-state index is 0.467. The number of halogens is 1. The maximum absolute atomic E-state index is 3.86. The average molecular weight is 321 g/mol. The van der Waals surface area contributed by atoms with Crippen LogP contribution in [-0.4, -0.2) is 0 Å². The Labute approximate surface area is 121 Å². The van der Waals surface area contributed by atoms with Crippen LogP contribution in [0.15, 0.2) is 30.3 Å². The first-order valence-corrected chi connectivity index (χ1v) is 8.26. The molecule has 0 radical (unpaired) electrons. The van der Waals surface area contributed by atoms with Crippen molar-refractivity contribution in [3.8, 4) is 0 Å². The first kappa shape index (κ1) is 12.4. The molecule has 0 aliphatic heterocycles. The number of benzene rings is 1. The SMILES string of the molecule is Cc1cccc(CC(Br)c2cc3c(s2)CCC3)c1. The van der Waals surface area contributed by atoms with Gasteiger partial charge in [0.15, 0.2) is 0 Å². The second-order valence-electron chi connectivity index (χ2n) is 5.11. The molecule has 0 spiro atoms. The second-order valence-corrected chi connectivity index (χ2v) is 7.39. The summed E-state index contributed by atoms with van der Waals surface area (Å²) >= 11 is 5.87. The van der Waals surface area contributed by atoms with E-state index >= 15 is 0 Å². The third kappa shape index (κ3) is 2.55. The van der Waals surface area contributed by atoms with Crippen LogP contribution >= 0.6 is 27.3 Å². The number of alkyl halides is 1. The molecular formula is C16H17BrS. The Hall–Kier alpha value is -0.600. The van der Waals surface area contributed by atoms with Crippen LogP contribution in [0.1, 0.15) is 37.7 Å². The summed E-state index contributed by atoms with van der Waals surface area (Å²) in [5.74, 6) is 0. The first-order chi connectivity index (χ1) is 8.72. The molecule has 0 fully saturated rings. The number of rotatable bonds is 3. The number of hydrogen-bond donors (Lipinski definition) is 0. The van der Waals surface area contributed by atoms with Gasteiger partial charge in [0.25, 0.3) is 0 Å². The zero-order valence-electron chi connectivity index (χ0n) is 10.6.